The second-order valence-corrected chi connectivity index (χ2v) is 7.85. The van der Waals surface area contributed by atoms with Crippen LogP contribution in [-0.4, -0.2) is 43.2 Å². The summed E-state index contributed by atoms with van der Waals surface area (Å²) in [5.74, 6) is -0.749. The number of hydrogen-bond acceptors (Lipinski definition) is 7. The summed E-state index contributed by atoms with van der Waals surface area (Å²) in [4.78, 5) is 38.2. The SMILES string of the molecule is CC1Sc2ccc(C(=O)NNC(=O)Cn3nnc(-c4ccccc4)n3)cc2NC1=O. The maximum absolute atomic E-state index is 12.3. The summed E-state index contributed by atoms with van der Waals surface area (Å²) in [6, 6.07) is 14.2. The van der Waals surface area contributed by atoms with Crippen LogP contribution in [-0.2, 0) is 16.1 Å². The molecule has 4 rings (SSSR count). The fraction of sp³-hybridized carbons (Fsp3) is 0.158. The molecule has 0 fully saturated rings. The van der Waals surface area contributed by atoms with Crippen molar-refractivity contribution in [2.45, 2.75) is 23.6 Å². The van der Waals surface area contributed by atoms with Crippen LogP contribution in [0.2, 0.25) is 0 Å². The summed E-state index contributed by atoms with van der Waals surface area (Å²) in [5, 5.41) is 14.5. The van der Waals surface area contributed by atoms with E-state index in [-0.39, 0.29) is 17.7 Å². The smallest absolute Gasteiger partial charge is 0.269 e. The van der Waals surface area contributed by atoms with Crippen molar-refractivity contribution in [3.05, 3.63) is 54.1 Å². The van der Waals surface area contributed by atoms with Gasteiger partial charge < -0.3 is 5.32 Å². The van der Waals surface area contributed by atoms with E-state index in [9.17, 15) is 14.4 Å². The fourth-order valence-electron chi connectivity index (χ4n) is 2.73. The number of carbonyl (C=O) groups excluding carboxylic acids is 3. The zero-order valence-electron chi connectivity index (χ0n) is 15.8. The first-order chi connectivity index (χ1) is 14.5. The molecular weight excluding hydrogens is 406 g/mol. The van der Waals surface area contributed by atoms with Crippen LogP contribution < -0.4 is 16.2 Å². The van der Waals surface area contributed by atoms with Gasteiger partial charge in [0.05, 0.1) is 10.9 Å². The van der Waals surface area contributed by atoms with Gasteiger partial charge in [0.1, 0.15) is 6.54 Å². The summed E-state index contributed by atoms with van der Waals surface area (Å²) in [5.41, 5.74) is 6.31. The van der Waals surface area contributed by atoms with E-state index in [1.807, 2.05) is 37.3 Å². The average Bonchev–Trinajstić information content (AvgIpc) is 3.21. The Hall–Kier alpha value is -3.73. The first kappa shape index (κ1) is 19.6. The zero-order valence-corrected chi connectivity index (χ0v) is 16.6. The third-order valence-corrected chi connectivity index (χ3v) is 5.44. The third-order valence-electron chi connectivity index (χ3n) is 4.26. The number of carbonyl (C=O) groups is 3. The Morgan fingerprint density at radius 3 is 2.77 bits per heavy atom. The van der Waals surface area contributed by atoms with Gasteiger partial charge in [0, 0.05) is 16.0 Å². The maximum Gasteiger partial charge on any atom is 0.269 e. The number of rotatable bonds is 4. The van der Waals surface area contributed by atoms with Crippen molar-refractivity contribution in [1.82, 2.24) is 31.1 Å². The minimum atomic E-state index is -0.518. The molecule has 0 aliphatic carbocycles. The number of aromatic nitrogens is 4. The lowest BCUT2D eigenvalue weighted by Gasteiger charge is -2.21. The second-order valence-electron chi connectivity index (χ2n) is 6.47. The van der Waals surface area contributed by atoms with Crippen molar-refractivity contribution < 1.29 is 14.4 Å². The van der Waals surface area contributed by atoms with Gasteiger partial charge in [-0.2, -0.15) is 4.80 Å². The molecule has 3 amide bonds. The predicted octanol–water partition coefficient (Wildman–Crippen LogP) is 1.23. The second kappa shape index (κ2) is 8.33. The molecule has 11 heteroatoms. The summed E-state index contributed by atoms with van der Waals surface area (Å²) >= 11 is 1.42. The molecule has 0 spiro atoms. The molecule has 30 heavy (non-hydrogen) atoms. The Morgan fingerprint density at radius 1 is 1.17 bits per heavy atom. The molecule has 1 atom stereocenters. The van der Waals surface area contributed by atoms with Crippen LogP contribution in [0.5, 0.6) is 0 Å². The topological polar surface area (TPSA) is 131 Å². The highest BCUT2D eigenvalue weighted by atomic mass is 32.2. The molecule has 10 nitrogen and oxygen atoms in total. The minimum absolute atomic E-state index is 0.117. The Kier molecular flexibility index (Phi) is 5.44. The largest absolute Gasteiger partial charge is 0.324 e. The summed E-state index contributed by atoms with van der Waals surface area (Å²) in [6.07, 6.45) is 0. The number of nitrogens with one attached hydrogen (secondary N) is 3. The Bertz CT molecular complexity index is 1120. The van der Waals surface area contributed by atoms with Crippen molar-refractivity contribution >= 4 is 35.2 Å². The first-order valence-electron chi connectivity index (χ1n) is 9.03. The number of tetrazole rings is 1. The van der Waals surface area contributed by atoms with Crippen LogP contribution in [0.4, 0.5) is 5.69 Å². The summed E-state index contributed by atoms with van der Waals surface area (Å²) in [7, 11) is 0. The molecule has 152 valence electrons. The van der Waals surface area contributed by atoms with Gasteiger partial charge in [0.15, 0.2) is 0 Å². The Morgan fingerprint density at radius 2 is 1.97 bits per heavy atom. The van der Waals surface area contributed by atoms with E-state index in [2.05, 4.69) is 31.6 Å². The quantitative estimate of drug-likeness (QED) is 0.538. The van der Waals surface area contributed by atoms with Crippen molar-refractivity contribution in [1.29, 1.82) is 0 Å². The molecule has 2 heterocycles. The monoisotopic (exact) mass is 423 g/mol. The highest BCUT2D eigenvalue weighted by molar-refractivity contribution is 8.00. The van der Waals surface area contributed by atoms with E-state index >= 15 is 0 Å². The number of anilines is 1. The predicted molar refractivity (Wildman–Crippen MR) is 109 cm³/mol. The standard InChI is InChI=1S/C19H17N7O3S/c1-11-18(28)20-14-9-13(7-8-15(14)30-11)19(29)23-21-16(27)10-26-24-17(22-25-26)12-5-3-2-4-6-12/h2-9,11H,10H2,1H3,(H,20,28)(H,21,27)(H,23,29). The molecule has 0 radical (unpaired) electrons. The van der Waals surface area contributed by atoms with Gasteiger partial charge in [-0.3, -0.25) is 25.2 Å². The molecule has 3 N–H and O–H groups in total. The number of nitrogens with zero attached hydrogens (tertiary/aromatic N) is 4. The molecule has 0 saturated heterocycles. The number of hydrogen-bond donors (Lipinski definition) is 3. The number of thioether (sulfide) groups is 1. The Balaban J connectivity index is 1.33. The number of benzene rings is 2. The zero-order chi connectivity index (χ0) is 21.1. The Labute approximate surface area is 175 Å². The van der Waals surface area contributed by atoms with Gasteiger partial charge in [0.25, 0.3) is 11.8 Å². The lowest BCUT2D eigenvalue weighted by atomic mass is 10.2. The normalized spacial score (nSPS) is 15.1. The van der Waals surface area contributed by atoms with Crippen LogP contribution in [0.15, 0.2) is 53.4 Å². The van der Waals surface area contributed by atoms with E-state index in [0.717, 1.165) is 15.3 Å². The molecule has 2 aromatic carbocycles. The molecule has 0 saturated carbocycles. The van der Waals surface area contributed by atoms with Gasteiger partial charge in [-0.15, -0.1) is 22.0 Å². The lowest BCUT2D eigenvalue weighted by molar-refractivity contribution is -0.122. The van der Waals surface area contributed by atoms with E-state index in [1.54, 1.807) is 18.2 Å². The average molecular weight is 423 g/mol. The molecule has 1 aromatic heterocycles. The van der Waals surface area contributed by atoms with Crippen molar-refractivity contribution in [2.24, 2.45) is 0 Å². The van der Waals surface area contributed by atoms with Crippen LogP contribution in [0.1, 0.15) is 17.3 Å². The van der Waals surface area contributed by atoms with Gasteiger partial charge in [-0.05, 0) is 30.3 Å². The number of hydrazine groups is 1. The first-order valence-corrected chi connectivity index (χ1v) is 9.91. The summed E-state index contributed by atoms with van der Waals surface area (Å²) in [6.45, 7) is 1.60. The van der Waals surface area contributed by atoms with Crippen LogP contribution in [0, 0.1) is 0 Å². The highest BCUT2D eigenvalue weighted by Crippen LogP contribution is 2.35. The van der Waals surface area contributed by atoms with E-state index in [1.165, 1.54) is 11.8 Å². The highest BCUT2D eigenvalue weighted by Gasteiger charge is 2.23. The van der Waals surface area contributed by atoms with Crippen molar-refractivity contribution in [2.75, 3.05) is 5.32 Å². The molecule has 0 bridgehead atoms. The molecule has 3 aromatic rings. The number of fused-ring (bicyclic) bond motifs is 1. The van der Waals surface area contributed by atoms with E-state index in [4.69, 9.17) is 0 Å². The van der Waals surface area contributed by atoms with Gasteiger partial charge in [-0.1, -0.05) is 30.3 Å². The van der Waals surface area contributed by atoms with Gasteiger partial charge >= 0.3 is 0 Å². The van der Waals surface area contributed by atoms with E-state index < -0.39 is 11.8 Å². The third kappa shape index (κ3) is 4.30. The number of amides is 3. The van der Waals surface area contributed by atoms with Crippen LogP contribution >= 0.6 is 11.8 Å². The van der Waals surface area contributed by atoms with Crippen LogP contribution in [0.3, 0.4) is 0 Å². The maximum atomic E-state index is 12.3. The molecule has 1 aliphatic heterocycles. The van der Waals surface area contributed by atoms with Crippen molar-refractivity contribution in [3.63, 3.8) is 0 Å². The van der Waals surface area contributed by atoms with Crippen LogP contribution in [0.25, 0.3) is 11.4 Å². The van der Waals surface area contributed by atoms with Gasteiger partial charge in [0.2, 0.25) is 11.7 Å². The molecule has 1 aliphatic rings. The summed E-state index contributed by atoms with van der Waals surface area (Å²) < 4.78 is 0. The van der Waals surface area contributed by atoms with Gasteiger partial charge in [-0.25, -0.2) is 0 Å². The minimum Gasteiger partial charge on any atom is -0.324 e. The van der Waals surface area contributed by atoms with E-state index in [0.29, 0.717) is 17.1 Å². The lowest BCUT2D eigenvalue weighted by Crippen LogP contribution is -2.43. The molecular formula is C19H17N7O3S. The van der Waals surface area contributed by atoms with Crippen molar-refractivity contribution in [3.8, 4) is 11.4 Å². The molecule has 1 unspecified atom stereocenters. The fourth-order valence-corrected chi connectivity index (χ4v) is 3.66.